The third-order valence-electron chi connectivity index (χ3n) is 3.38. The summed E-state index contributed by atoms with van der Waals surface area (Å²) in [4.78, 5) is 25.3. The molecule has 0 bridgehead atoms. The van der Waals surface area contributed by atoms with Crippen LogP contribution in [0, 0.1) is 0 Å². The third-order valence-corrected chi connectivity index (χ3v) is 7.33. The van der Waals surface area contributed by atoms with Crippen molar-refractivity contribution in [3.05, 3.63) is 0 Å². The molecule has 2 heterocycles. The summed E-state index contributed by atoms with van der Waals surface area (Å²) in [6.45, 7) is 0.233. The van der Waals surface area contributed by atoms with Crippen molar-refractivity contribution in [3.63, 3.8) is 0 Å². The second kappa shape index (κ2) is 6.52. The van der Waals surface area contributed by atoms with Gasteiger partial charge in [0.25, 0.3) is 0 Å². The number of rotatable bonds is 3. The van der Waals surface area contributed by atoms with Crippen LogP contribution in [0.25, 0.3) is 0 Å². The number of hydrogen-bond donors (Lipinski definition) is 1. The van der Waals surface area contributed by atoms with E-state index in [1.807, 2.05) is 0 Å². The first-order valence-corrected chi connectivity index (χ1v) is 10.1. The van der Waals surface area contributed by atoms with Gasteiger partial charge in [0.2, 0.25) is 11.8 Å². The second-order valence-electron chi connectivity index (χ2n) is 5.11. The van der Waals surface area contributed by atoms with Crippen LogP contribution in [0.3, 0.4) is 0 Å². The van der Waals surface area contributed by atoms with E-state index in [0.29, 0.717) is 12.2 Å². The van der Waals surface area contributed by atoms with Crippen LogP contribution < -0.4 is 5.32 Å². The Hall–Kier alpha value is -0.180. The molecule has 2 fully saturated rings. The molecular formula is C11H16Cl2N2O4S2. The molecule has 0 aromatic carbocycles. The van der Waals surface area contributed by atoms with Crippen LogP contribution in [0.4, 0.5) is 0 Å². The molecular weight excluding hydrogens is 359 g/mol. The lowest BCUT2D eigenvalue weighted by atomic mass is 10.2. The predicted octanol–water partition coefficient (Wildman–Crippen LogP) is 0.0390. The van der Waals surface area contributed by atoms with E-state index in [4.69, 9.17) is 23.2 Å². The maximum Gasteiger partial charge on any atom is 0.242 e. The Morgan fingerprint density at radius 2 is 1.90 bits per heavy atom. The van der Waals surface area contributed by atoms with Gasteiger partial charge in [-0.2, -0.15) is 0 Å². The van der Waals surface area contributed by atoms with Crippen LogP contribution in [0.5, 0.6) is 0 Å². The molecule has 0 spiro atoms. The number of amides is 2. The Labute approximate surface area is 137 Å². The number of alkyl halides is 2. The molecule has 0 aliphatic carbocycles. The summed E-state index contributed by atoms with van der Waals surface area (Å²) >= 11 is 13.3. The zero-order chi connectivity index (χ0) is 15.7. The monoisotopic (exact) mass is 374 g/mol. The summed E-state index contributed by atoms with van der Waals surface area (Å²) in [5, 5.41) is 2.21. The topological polar surface area (TPSA) is 83.6 Å². The number of nitrogens with zero attached hydrogens (tertiary/aromatic N) is 1. The Balaban J connectivity index is 1.76. The molecule has 1 unspecified atom stereocenters. The summed E-state index contributed by atoms with van der Waals surface area (Å²) < 4.78 is 21.7. The molecule has 1 N–H and O–H groups in total. The van der Waals surface area contributed by atoms with Gasteiger partial charge < -0.3 is 10.2 Å². The highest BCUT2D eigenvalue weighted by Crippen LogP contribution is 2.42. The van der Waals surface area contributed by atoms with E-state index in [2.05, 4.69) is 5.32 Å². The van der Waals surface area contributed by atoms with Gasteiger partial charge in [0.1, 0.15) is 4.33 Å². The van der Waals surface area contributed by atoms with Crippen LogP contribution in [0.2, 0.25) is 0 Å². The van der Waals surface area contributed by atoms with Crippen molar-refractivity contribution < 1.29 is 18.0 Å². The average molecular weight is 375 g/mol. The van der Waals surface area contributed by atoms with Crippen molar-refractivity contribution in [2.75, 3.05) is 36.9 Å². The molecule has 2 amide bonds. The second-order valence-corrected chi connectivity index (χ2v) is 10.2. The molecule has 2 rings (SSSR count). The summed E-state index contributed by atoms with van der Waals surface area (Å²) in [6.07, 6.45) is 0.350. The van der Waals surface area contributed by atoms with E-state index in [1.165, 1.54) is 16.7 Å². The average Bonchev–Trinajstić information content (AvgIpc) is 2.76. The number of thioether (sulfide) groups is 1. The number of carbonyl (C=O) groups excluding carboxylic acids is 2. The number of sulfone groups is 1. The maximum atomic E-state index is 11.9. The van der Waals surface area contributed by atoms with Gasteiger partial charge in [0.15, 0.2) is 9.84 Å². The van der Waals surface area contributed by atoms with Crippen LogP contribution in [-0.2, 0) is 19.4 Å². The van der Waals surface area contributed by atoms with E-state index in [-0.39, 0.29) is 48.2 Å². The summed E-state index contributed by atoms with van der Waals surface area (Å²) in [7, 11) is -3.02. The normalized spacial score (nSPS) is 27.3. The van der Waals surface area contributed by atoms with Gasteiger partial charge in [0, 0.05) is 25.3 Å². The SMILES string of the molecule is O=C(NCC(=O)N1CCS(=O)(=O)CC1)C1CC(Cl)(Cl)CS1. The van der Waals surface area contributed by atoms with Crippen LogP contribution >= 0.6 is 35.0 Å². The standard InChI is InChI=1S/C11H16Cl2N2O4S2/c12-11(13)5-8(20-7-11)10(17)14-6-9(16)15-1-3-21(18,19)4-2-15/h8H,1-7H2,(H,14,17). The van der Waals surface area contributed by atoms with Gasteiger partial charge in [-0.15, -0.1) is 35.0 Å². The third kappa shape index (κ3) is 4.91. The molecule has 10 heteroatoms. The molecule has 0 aromatic heterocycles. The van der Waals surface area contributed by atoms with Gasteiger partial charge in [-0.1, -0.05) is 0 Å². The highest BCUT2D eigenvalue weighted by atomic mass is 35.5. The van der Waals surface area contributed by atoms with Gasteiger partial charge in [-0.05, 0) is 0 Å². The lowest BCUT2D eigenvalue weighted by Gasteiger charge is -2.27. The molecule has 1 atom stereocenters. The molecule has 0 radical (unpaired) electrons. The van der Waals surface area contributed by atoms with Crippen molar-refractivity contribution in [1.82, 2.24) is 10.2 Å². The van der Waals surface area contributed by atoms with Crippen molar-refractivity contribution in [1.29, 1.82) is 0 Å². The van der Waals surface area contributed by atoms with E-state index in [9.17, 15) is 18.0 Å². The zero-order valence-corrected chi connectivity index (χ0v) is 14.3. The largest absolute Gasteiger partial charge is 0.346 e. The van der Waals surface area contributed by atoms with E-state index >= 15 is 0 Å². The van der Waals surface area contributed by atoms with E-state index in [0.717, 1.165) is 0 Å². The minimum Gasteiger partial charge on any atom is -0.346 e. The number of carbonyl (C=O) groups is 2. The number of hydrogen-bond acceptors (Lipinski definition) is 5. The fraction of sp³-hybridized carbons (Fsp3) is 0.818. The van der Waals surface area contributed by atoms with Gasteiger partial charge >= 0.3 is 0 Å². The number of nitrogens with one attached hydrogen (secondary N) is 1. The molecule has 2 aliphatic heterocycles. The molecule has 6 nitrogen and oxygen atoms in total. The maximum absolute atomic E-state index is 11.9. The van der Waals surface area contributed by atoms with Crippen molar-refractivity contribution in [2.24, 2.45) is 0 Å². The van der Waals surface area contributed by atoms with Gasteiger partial charge in [0.05, 0.1) is 23.3 Å². The Morgan fingerprint density at radius 3 is 2.43 bits per heavy atom. The Kier molecular flexibility index (Phi) is 5.33. The lowest BCUT2D eigenvalue weighted by molar-refractivity contribution is -0.132. The van der Waals surface area contributed by atoms with Crippen molar-refractivity contribution >= 4 is 56.6 Å². The fourth-order valence-electron chi connectivity index (χ4n) is 2.13. The van der Waals surface area contributed by atoms with Crippen molar-refractivity contribution in [2.45, 2.75) is 16.0 Å². The molecule has 120 valence electrons. The zero-order valence-electron chi connectivity index (χ0n) is 11.2. The molecule has 2 saturated heterocycles. The minimum atomic E-state index is -3.02. The molecule has 0 aromatic rings. The van der Waals surface area contributed by atoms with Crippen LogP contribution in [0.15, 0.2) is 0 Å². The lowest BCUT2D eigenvalue weighted by Crippen LogP contribution is -2.48. The summed E-state index contributed by atoms with van der Waals surface area (Å²) in [6, 6.07) is 0. The first kappa shape index (κ1) is 17.2. The Morgan fingerprint density at radius 1 is 1.29 bits per heavy atom. The van der Waals surface area contributed by atoms with E-state index < -0.39 is 14.2 Å². The summed E-state index contributed by atoms with van der Waals surface area (Å²) in [5.74, 6) is -0.102. The van der Waals surface area contributed by atoms with Gasteiger partial charge in [-0.3, -0.25) is 9.59 Å². The first-order valence-electron chi connectivity index (χ1n) is 6.44. The highest BCUT2D eigenvalue weighted by Gasteiger charge is 2.39. The van der Waals surface area contributed by atoms with Crippen molar-refractivity contribution in [3.8, 4) is 0 Å². The number of halogens is 2. The molecule has 21 heavy (non-hydrogen) atoms. The quantitative estimate of drug-likeness (QED) is 0.705. The first-order chi connectivity index (χ1) is 9.69. The molecule has 0 saturated carbocycles. The smallest absolute Gasteiger partial charge is 0.242 e. The van der Waals surface area contributed by atoms with Gasteiger partial charge in [-0.25, -0.2) is 8.42 Å². The predicted molar refractivity (Wildman–Crippen MR) is 83.5 cm³/mol. The Bertz CT molecular complexity index is 524. The minimum absolute atomic E-state index is 0.0216. The van der Waals surface area contributed by atoms with Crippen LogP contribution in [-0.4, -0.2) is 71.6 Å². The molecule has 2 aliphatic rings. The summed E-state index contributed by atoms with van der Waals surface area (Å²) in [5.41, 5.74) is 0. The van der Waals surface area contributed by atoms with E-state index in [1.54, 1.807) is 0 Å². The fourth-order valence-corrected chi connectivity index (χ4v) is 5.40. The highest BCUT2D eigenvalue weighted by molar-refractivity contribution is 8.01. The van der Waals surface area contributed by atoms with Crippen LogP contribution in [0.1, 0.15) is 6.42 Å².